The summed E-state index contributed by atoms with van der Waals surface area (Å²) in [6.45, 7) is 6.39. The molecule has 1 fully saturated rings. The van der Waals surface area contributed by atoms with E-state index in [4.69, 9.17) is 4.74 Å². The molecule has 0 aliphatic carbocycles. The highest BCUT2D eigenvalue weighted by molar-refractivity contribution is 5.12. The van der Waals surface area contributed by atoms with Crippen LogP contribution < -0.4 is 5.43 Å². The van der Waals surface area contributed by atoms with Gasteiger partial charge in [0.25, 0.3) is 0 Å². The number of nitrogens with zero attached hydrogens (tertiary/aromatic N) is 2. The highest BCUT2D eigenvalue weighted by Gasteiger charge is 2.08. The van der Waals surface area contributed by atoms with Crippen LogP contribution in [0.15, 0.2) is 18.3 Å². The summed E-state index contributed by atoms with van der Waals surface area (Å²) in [5.41, 5.74) is 5.65. The van der Waals surface area contributed by atoms with E-state index in [1.807, 2.05) is 19.2 Å². The van der Waals surface area contributed by atoms with E-state index >= 15 is 0 Å². The molecule has 0 radical (unpaired) electrons. The van der Waals surface area contributed by atoms with Gasteiger partial charge >= 0.3 is 0 Å². The summed E-state index contributed by atoms with van der Waals surface area (Å²) in [6, 6.07) is 4.14. The van der Waals surface area contributed by atoms with Gasteiger partial charge < -0.3 is 4.74 Å². The molecule has 1 aromatic heterocycles. The Morgan fingerprint density at radius 2 is 2.20 bits per heavy atom. The first-order valence-corrected chi connectivity index (χ1v) is 5.32. The minimum atomic E-state index is 0.819. The van der Waals surface area contributed by atoms with Gasteiger partial charge in [-0.1, -0.05) is 6.07 Å². The fourth-order valence-electron chi connectivity index (χ4n) is 1.53. The molecule has 0 spiro atoms. The van der Waals surface area contributed by atoms with Crippen molar-refractivity contribution in [3.63, 3.8) is 0 Å². The SMILES string of the molecule is Cc1ccc(CNN2CCOCC2)cn1. The molecule has 15 heavy (non-hydrogen) atoms. The summed E-state index contributed by atoms with van der Waals surface area (Å²) in [5, 5.41) is 2.20. The predicted molar refractivity (Wildman–Crippen MR) is 58.2 cm³/mol. The quantitative estimate of drug-likeness (QED) is 0.792. The van der Waals surface area contributed by atoms with Crippen molar-refractivity contribution in [1.82, 2.24) is 15.4 Å². The van der Waals surface area contributed by atoms with Crippen molar-refractivity contribution >= 4 is 0 Å². The monoisotopic (exact) mass is 207 g/mol. The van der Waals surface area contributed by atoms with E-state index in [2.05, 4.69) is 21.5 Å². The van der Waals surface area contributed by atoms with Crippen molar-refractivity contribution in [1.29, 1.82) is 0 Å². The van der Waals surface area contributed by atoms with Crippen LogP contribution in [0, 0.1) is 6.92 Å². The normalized spacial score (nSPS) is 17.9. The van der Waals surface area contributed by atoms with Crippen LogP contribution in [0.2, 0.25) is 0 Å². The number of hydrazine groups is 1. The van der Waals surface area contributed by atoms with Gasteiger partial charge in [-0.3, -0.25) is 10.4 Å². The predicted octanol–water partition coefficient (Wildman–Crippen LogP) is 0.727. The smallest absolute Gasteiger partial charge is 0.0608 e. The lowest BCUT2D eigenvalue weighted by Crippen LogP contribution is -2.45. The minimum absolute atomic E-state index is 0.819. The average molecular weight is 207 g/mol. The maximum atomic E-state index is 5.27. The third kappa shape index (κ3) is 3.27. The molecule has 0 aromatic carbocycles. The molecule has 0 saturated carbocycles. The van der Waals surface area contributed by atoms with Gasteiger partial charge in [0.1, 0.15) is 0 Å². The molecule has 0 bridgehead atoms. The summed E-state index contributed by atoms with van der Waals surface area (Å²) in [4.78, 5) is 4.26. The Bertz CT molecular complexity index is 293. The summed E-state index contributed by atoms with van der Waals surface area (Å²) in [5.74, 6) is 0. The number of rotatable bonds is 3. The Hall–Kier alpha value is -0.970. The minimum Gasteiger partial charge on any atom is -0.379 e. The van der Waals surface area contributed by atoms with Crippen molar-refractivity contribution in [3.8, 4) is 0 Å². The average Bonchev–Trinajstić information content (AvgIpc) is 2.30. The zero-order valence-corrected chi connectivity index (χ0v) is 9.07. The number of pyridine rings is 1. The van der Waals surface area contributed by atoms with E-state index in [-0.39, 0.29) is 0 Å². The maximum absolute atomic E-state index is 5.27. The van der Waals surface area contributed by atoms with E-state index in [0.717, 1.165) is 38.5 Å². The lowest BCUT2D eigenvalue weighted by atomic mass is 10.2. The van der Waals surface area contributed by atoms with Crippen LogP contribution in [0.25, 0.3) is 0 Å². The van der Waals surface area contributed by atoms with E-state index in [9.17, 15) is 0 Å². The van der Waals surface area contributed by atoms with Gasteiger partial charge in [-0.2, -0.15) is 0 Å². The van der Waals surface area contributed by atoms with Crippen molar-refractivity contribution in [2.75, 3.05) is 26.3 Å². The molecule has 1 aliphatic rings. The van der Waals surface area contributed by atoms with Crippen molar-refractivity contribution < 1.29 is 4.74 Å². The largest absolute Gasteiger partial charge is 0.379 e. The fraction of sp³-hybridized carbons (Fsp3) is 0.545. The second-order valence-corrected chi connectivity index (χ2v) is 3.74. The van der Waals surface area contributed by atoms with Gasteiger partial charge in [-0.05, 0) is 18.6 Å². The van der Waals surface area contributed by atoms with E-state index in [0.29, 0.717) is 0 Å². The Morgan fingerprint density at radius 1 is 1.40 bits per heavy atom. The summed E-state index contributed by atoms with van der Waals surface area (Å²) in [7, 11) is 0. The number of nitrogens with one attached hydrogen (secondary N) is 1. The molecule has 0 atom stereocenters. The molecule has 1 saturated heterocycles. The first kappa shape index (κ1) is 10.5. The van der Waals surface area contributed by atoms with Crippen molar-refractivity contribution in [3.05, 3.63) is 29.6 Å². The second kappa shape index (κ2) is 5.21. The van der Waals surface area contributed by atoms with Crippen LogP contribution in [-0.2, 0) is 11.3 Å². The van der Waals surface area contributed by atoms with Crippen LogP contribution in [0.3, 0.4) is 0 Å². The molecule has 82 valence electrons. The maximum Gasteiger partial charge on any atom is 0.0608 e. The molecule has 1 N–H and O–H groups in total. The molecule has 0 unspecified atom stereocenters. The van der Waals surface area contributed by atoms with Crippen LogP contribution >= 0.6 is 0 Å². The van der Waals surface area contributed by atoms with Crippen molar-refractivity contribution in [2.24, 2.45) is 0 Å². The molecule has 2 rings (SSSR count). The van der Waals surface area contributed by atoms with Gasteiger partial charge in [0, 0.05) is 31.5 Å². The van der Waals surface area contributed by atoms with Crippen molar-refractivity contribution in [2.45, 2.75) is 13.5 Å². The molecule has 2 heterocycles. The van der Waals surface area contributed by atoms with Gasteiger partial charge in [0.05, 0.1) is 13.2 Å². The van der Waals surface area contributed by atoms with Crippen LogP contribution in [0.4, 0.5) is 0 Å². The van der Waals surface area contributed by atoms with Crippen LogP contribution in [0.1, 0.15) is 11.3 Å². The molecule has 0 amide bonds. The van der Waals surface area contributed by atoms with E-state index in [1.165, 1.54) is 5.56 Å². The Labute approximate surface area is 90.2 Å². The Morgan fingerprint density at radius 3 is 2.87 bits per heavy atom. The second-order valence-electron chi connectivity index (χ2n) is 3.74. The summed E-state index contributed by atoms with van der Waals surface area (Å²) in [6.07, 6.45) is 1.92. The number of hydrogen-bond acceptors (Lipinski definition) is 4. The lowest BCUT2D eigenvalue weighted by Gasteiger charge is -2.27. The zero-order chi connectivity index (χ0) is 10.5. The topological polar surface area (TPSA) is 37.4 Å². The van der Waals surface area contributed by atoms with E-state index in [1.54, 1.807) is 0 Å². The molecule has 1 aromatic rings. The molecule has 1 aliphatic heterocycles. The number of ether oxygens (including phenoxy) is 1. The first-order chi connectivity index (χ1) is 7.34. The molecule has 4 nitrogen and oxygen atoms in total. The number of aryl methyl sites for hydroxylation is 1. The number of hydrogen-bond donors (Lipinski definition) is 1. The molecular weight excluding hydrogens is 190 g/mol. The standard InChI is InChI=1S/C11H17N3O/c1-10-2-3-11(8-12-10)9-13-14-4-6-15-7-5-14/h2-3,8,13H,4-7,9H2,1H3. The fourth-order valence-corrected chi connectivity index (χ4v) is 1.53. The number of aromatic nitrogens is 1. The summed E-state index contributed by atoms with van der Waals surface area (Å²) < 4.78 is 5.27. The Kier molecular flexibility index (Phi) is 3.66. The van der Waals surface area contributed by atoms with Crippen LogP contribution in [0.5, 0.6) is 0 Å². The van der Waals surface area contributed by atoms with Gasteiger partial charge in [-0.25, -0.2) is 5.01 Å². The Balaban J connectivity index is 1.79. The first-order valence-electron chi connectivity index (χ1n) is 5.32. The molecular formula is C11H17N3O. The zero-order valence-electron chi connectivity index (χ0n) is 9.07. The van der Waals surface area contributed by atoms with E-state index < -0.39 is 0 Å². The number of morpholine rings is 1. The van der Waals surface area contributed by atoms with Crippen LogP contribution in [-0.4, -0.2) is 36.3 Å². The van der Waals surface area contributed by atoms with Gasteiger partial charge in [0.15, 0.2) is 0 Å². The third-order valence-corrected chi connectivity index (χ3v) is 2.49. The van der Waals surface area contributed by atoms with Gasteiger partial charge in [0.2, 0.25) is 0 Å². The molecule has 4 heteroatoms. The lowest BCUT2D eigenvalue weighted by molar-refractivity contribution is 0.0105. The highest BCUT2D eigenvalue weighted by Crippen LogP contribution is 2.00. The van der Waals surface area contributed by atoms with Gasteiger partial charge in [-0.15, -0.1) is 0 Å². The summed E-state index contributed by atoms with van der Waals surface area (Å²) >= 11 is 0. The highest BCUT2D eigenvalue weighted by atomic mass is 16.5. The third-order valence-electron chi connectivity index (χ3n) is 2.49.